The molecule has 1 aromatic rings. The fourth-order valence-electron chi connectivity index (χ4n) is 3.06. The number of thiophene rings is 1. The van der Waals surface area contributed by atoms with Crippen LogP contribution in [0, 0.1) is 5.92 Å². The highest BCUT2D eigenvalue weighted by Crippen LogP contribution is 2.28. The normalized spacial score (nSPS) is 23.9. The number of nitrogens with zero attached hydrogens (tertiary/aromatic N) is 1. The zero-order valence-electron chi connectivity index (χ0n) is 12.4. The second-order valence-electron chi connectivity index (χ2n) is 5.82. The van der Waals surface area contributed by atoms with E-state index in [1.807, 2.05) is 11.3 Å². The minimum absolute atomic E-state index is 0.825. The van der Waals surface area contributed by atoms with Gasteiger partial charge in [-0.1, -0.05) is 19.4 Å². The Hall–Kier alpha value is -0.380. The summed E-state index contributed by atoms with van der Waals surface area (Å²) in [5.74, 6) is 1.00. The van der Waals surface area contributed by atoms with E-state index in [0.717, 1.165) is 25.0 Å². The lowest BCUT2D eigenvalue weighted by atomic mass is 9.84. The Labute approximate surface area is 122 Å². The van der Waals surface area contributed by atoms with Crippen molar-refractivity contribution in [1.82, 2.24) is 10.2 Å². The summed E-state index contributed by atoms with van der Waals surface area (Å²) in [6.07, 6.45) is 7.06. The SMILES string of the molecule is CCC1CCC(N(C)CCNCc2cccs2)CC1. The van der Waals surface area contributed by atoms with Crippen molar-refractivity contribution in [3.05, 3.63) is 22.4 Å². The van der Waals surface area contributed by atoms with Crippen LogP contribution in [0.3, 0.4) is 0 Å². The van der Waals surface area contributed by atoms with Gasteiger partial charge in [0.2, 0.25) is 0 Å². The van der Waals surface area contributed by atoms with Crippen LogP contribution in [0.4, 0.5) is 0 Å². The Morgan fingerprint density at radius 2 is 2.11 bits per heavy atom. The van der Waals surface area contributed by atoms with Crippen molar-refractivity contribution in [1.29, 1.82) is 0 Å². The fourth-order valence-corrected chi connectivity index (χ4v) is 3.73. The smallest absolute Gasteiger partial charge is 0.0300 e. The molecule has 0 radical (unpaired) electrons. The van der Waals surface area contributed by atoms with E-state index in [2.05, 4.69) is 41.7 Å². The number of nitrogens with one attached hydrogen (secondary N) is 1. The van der Waals surface area contributed by atoms with Gasteiger partial charge in [0.25, 0.3) is 0 Å². The lowest BCUT2D eigenvalue weighted by Crippen LogP contribution is -2.39. The molecule has 0 saturated heterocycles. The van der Waals surface area contributed by atoms with Gasteiger partial charge in [-0.05, 0) is 50.1 Å². The van der Waals surface area contributed by atoms with Gasteiger partial charge in [-0.3, -0.25) is 0 Å². The van der Waals surface area contributed by atoms with Crippen LogP contribution < -0.4 is 5.32 Å². The third-order valence-electron chi connectivity index (χ3n) is 4.54. The third kappa shape index (κ3) is 4.90. The summed E-state index contributed by atoms with van der Waals surface area (Å²) in [6, 6.07) is 5.15. The van der Waals surface area contributed by atoms with Gasteiger partial charge in [-0.15, -0.1) is 11.3 Å². The predicted molar refractivity (Wildman–Crippen MR) is 84.7 cm³/mol. The van der Waals surface area contributed by atoms with Crippen LogP contribution >= 0.6 is 11.3 Å². The molecule has 2 rings (SSSR count). The lowest BCUT2D eigenvalue weighted by Gasteiger charge is -2.34. The first-order valence-electron chi connectivity index (χ1n) is 7.73. The number of rotatable bonds is 7. The molecule has 108 valence electrons. The highest BCUT2D eigenvalue weighted by Gasteiger charge is 2.22. The Balaban J connectivity index is 1.58. The Morgan fingerprint density at radius 1 is 1.32 bits per heavy atom. The Bertz CT molecular complexity index is 329. The molecule has 0 unspecified atom stereocenters. The highest BCUT2D eigenvalue weighted by atomic mass is 32.1. The van der Waals surface area contributed by atoms with E-state index in [0.29, 0.717) is 0 Å². The average Bonchev–Trinajstić information content (AvgIpc) is 2.96. The van der Waals surface area contributed by atoms with Crippen molar-refractivity contribution >= 4 is 11.3 Å². The van der Waals surface area contributed by atoms with Crippen molar-refractivity contribution in [2.75, 3.05) is 20.1 Å². The second-order valence-corrected chi connectivity index (χ2v) is 6.85. The first-order valence-corrected chi connectivity index (χ1v) is 8.61. The molecule has 0 bridgehead atoms. The molecule has 1 aromatic heterocycles. The van der Waals surface area contributed by atoms with Crippen LogP contribution in [0.5, 0.6) is 0 Å². The van der Waals surface area contributed by atoms with Gasteiger partial charge in [0, 0.05) is 30.6 Å². The number of hydrogen-bond donors (Lipinski definition) is 1. The Morgan fingerprint density at radius 3 is 2.74 bits per heavy atom. The highest BCUT2D eigenvalue weighted by molar-refractivity contribution is 7.09. The molecule has 1 aliphatic carbocycles. The summed E-state index contributed by atoms with van der Waals surface area (Å²) in [7, 11) is 2.30. The molecular formula is C16H28N2S. The van der Waals surface area contributed by atoms with Crippen LogP contribution in [0.2, 0.25) is 0 Å². The maximum Gasteiger partial charge on any atom is 0.0300 e. The first-order chi connectivity index (χ1) is 9.29. The van der Waals surface area contributed by atoms with Crippen molar-refractivity contribution in [3.8, 4) is 0 Å². The zero-order valence-corrected chi connectivity index (χ0v) is 13.2. The van der Waals surface area contributed by atoms with Gasteiger partial charge in [0.05, 0.1) is 0 Å². The molecule has 1 heterocycles. The predicted octanol–water partition coefficient (Wildman–Crippen LogP) is 3.74. The van der Waals surface area contributed by atoms with Crippen LogP contribution in [-0.2, 0) is 6.54 Å². The van der Waals surface area contributed by atoms with E-state index < -0.39 is 0 Å². The van der Waals surface area contributed by atoms with Gasteiger partial charge >= 0.3 is 0 Å². The fraction of sp³-hybridized carbons (Fsp3) is 0.750. The zero-order chi connectivity index (χ0) is 13.5. The molecule has 0 amide bonds. The van der Waals surface area contributed by atoms with E-state index in [1.54, 1.807) is 0 Å². The molecule has 2 nitrogen and oxygen atoms in total. The van der Waals surface area contributed by atoms with Crippen molar-refractivity contribution < 1.29 is 0 Å². The quantitative estimate of drug-likeness (QED) is 0.766. The molecular weight excluding hydrogens is 252 g/mol. The Kier molecular flexibility index (Phi) is 6.35. The van der Waals surface area contributed by atoms with Gasteiger partial charge in [0.15, 0.2) is 0 Å². The van der Waals surface area contributed by atoms with Gasteiger partial charge in [0.1, 0.15) is 0 Å². The van der Waals surface area contributed by atoms with E-state index in [-0.39, 0.29) is 0 Å². The molecule has 1 fully saturated rings. The molecule has 0 spiro atoms. The summed E-state index contributed by atoms with van der Waals surface area (Å²) in [6.45, 7) is 5.63. The van der Waals surface area contributed by atoms with Crippen molar-refractivity contribution in [2.45, 2.75) is 51.6 Å². The van der Waals surface area contributed by atoms with Gasteiger partial charge in [-0.25, -0.2) is 0 Å². The third-order valence-corrected chi connectivity index (χ3v) is 5.41. The summed E-state index contributed by atoms with van der Waals surface area (Å²) < 4.78 is 0. The van der Waals surface area contributed by atoms with Crippen LogP contribution in [0.15, 0.2) is 17.5 Å². The van der Waals surface area contributed by atoms with Crippen LogP contribution in [-0.4, -0.2) is 31.1 Å². The van der Waals surface area contributed by atoms with Crippen LogP contribution in [0.1, 0.15) is 43.9 Å². The van der Waals surface area contributed by atoms with Gasteiger partial charge < -0.3 is 10.2 Å². The second kappa shape index (κ2) is 8.03. The molecule has 1 aliphatic rings. The van der Waals surface area contributed by atoms with E-state index in [4.69, 9.17) is 0 Å². The minimum atomic E-state index is 0.825. The maximum atomic E-state index is 3.55. The van der Waals surface area contributed by atoms with Crippen molar-refractivity contribution in [2.24, 2.45) is 5.92 Å². The molecule has 1 saturated carbocycles. The molecule has 3 heteroatoms. The maximum absolute atomic E-state index is 3.55. The number of hydrogen-bond acceptors (Lipinski definition) is 3. The summed E-state index contributed by atoms with van der Waals surface area (Å²) in [4.78, 5) is 4.00. The molecule has 19 heavy (non-hydrogen) atoms. The monoisotopic (exact) mass is 280 g/mol. The van der Waals surface area contributed by atoms with E-state index in [9.17, 15) is 0 Å². The standard InChI is InChI=1S/C16H28N2S/c1-3-14-6-8-15(9-7-14)18(2)11-10-17-13-16-5-4-12-19-16/h4-5,12,14-15,17H,3,6-11,13H2,1-2H3. The topological polar surface area (TPSA) is 15.3 Å². The molecule has 0 aliphatic heterocycles. The molecule has 1 N–H and O–H groups in total. The van der Waals surface area contributed by atoms with E-state index in [1.165, 1.54) is 43.5 Å². The largest absolute Gasteiger partial charge is 0.311 e. The van der Waals surface area contributed by atoms with Crippen LogP contribution in [0.25, 0.3) is 0 Å². The molecule has 0 atom stereocenters. The molecule has 0 aromatic carbocycles. The van der Waals surface area contributed by atoms with Crippen molar-refractivity contribution in [3.63, 3.8) is 0 Å². The summed E-state index contributed by atoms with van der Waals surface area (Å²) in [5.41, 5.74) is 0. The van der Waals surface area contributed by atoms with Gasteiger partial charge in [-0.2, -0.15) is 0 Å². The number of likely N-dealkylation sites (N-methyl/N-ethyl adjacent to an activating group) is 1. The van der Waals surface area contributed by atoms with E-state index >= 15 is 0 Å². The first kappa shape index (κ1) is 15.0. The summed E-state index contributed by atoms with van der Waals surface area (Å²) >= 11 is 1.84. The summed E-state index contributed by atoms with van der Waals surface area (Å²) in [5, 5.41) is 5.69. The average molecular weight is 280 g/mol. The minimum Gasteiger partial charge on any atom is -0.311 e. The lowest BCUT2D eigenvalue weighted by molar-refractivity contribution is 0.164.